The van der Waals surface area contributed by atoms with Crippen molar-refractivity contribution in [1.82, 2.24) is 14.8 Å². The van der Waals surface area contributed by atoms with Crippen LogP contribution in [-0.4, -0.2) is 46.4 Å². The molecule has 1 atom stereocenters. The summed E-state index contributed by atoms with van der Waals surface area (Å²) in [6, 6.07) is 12.8. The molecule has 1 amide bonds. The van der Waals surface area contributed by atoms with Gasteiger partial charge in [-0.25, -0.2) is 13.8 Å². The molecule has 36 heavy (non-hydrogen) atoms. The summed E-state index contributed by atoms with van der Waals surface area (Å²) in [4.78, 5) is 33.5. The van der Waals surface area contributed by atoms with E-state index in [2.05, 4.69) is 4.98 Å². The van der Waals surface area contributed by atoms with Gasteiger partial charge in [0.2, 0.25) is 0 Å². The summed E-state index contributed by atoms with van der Waals surface area (Å²) in [5.74, 6) is -1.39. The lowest BCUT2D eigenvalue weighted by Crippen LogP contribution is -2.43. The minimum absolute atomic E-state index is 0.203. The van der Waals surface area contributed by atoms with E-state index in [1.165, 1.54) is 29.5 Å². The Morgan fingerprint density at radius 3 is 2.64 bits per heavy atom. The van der Waals surface area contributed by atoms with Gasteiger partial charge in [-0.2, -0.15) is 0 Å². The minimum Gasteiger partial charge on any atom is -0.466 e. The first-order valence-electron chi connectivity index (χ1n) is 12.0. The zero-order chi connectivity index (χ0) is 25.5. The van der Waals surface area contributed by atoms with Crippen LogP contribution in [0.4, 0.5) is 8.78 Å². The second-order valence-corrected chi connectivity index (χ2v) is 9.77. The molecule has 0 radical (unpaired) electrons. The predicted molar refractivity (Wildman–Crippen MR) is 133 cm³/mol. The number of piperidine rings is 1. The van der Waals surface area contributed by atoms with Gasteiger partial charge in [-0.1, -0.05) is 30.3 Å². The van der Waals surface area contributed by atoms with Crippen molar-refractivity contribution in [2.24, 2.45) is 5.92 Å². The van der Waals surface area contributed by atoms with Crippen LogP contribution >= 0.6 is 11.3 Å². The van der Waals surface area contributed by atoms with Gasteiger partial charge < -0.3 is 9.64 Å². The van der Waals surface area contributed by atoms with Gasteiger partial charge >= 0.3 is 5.97 Å². The van der Waals surface area contributed by atoms with E-state index in [-0.39, 0.29) is 29.4 Å². The predicted octanol–water partition coefficient (Wildman–Crippen LogP) is 5.04. The summed E-state index contributed by atoms with van der Waals surface area (Å²) >= 11 is 1.37. The summed E-state index contributed by atoms with van der Waals surface area (Å²) in [6.07, 6.45) is 1.44. The van der Waals surface area contributed by atoms with Gasteiger partial charge in [0.1, 0.15) is 22.3 Å². The molecule has 6 nitrogen and oxygen atoms in total. The topological polar surface area (TPSA) is 62.7 Å². The van der Waals surface area contributed by atoms with E-state index in [9.17, 15) is 18.4 Å². The molecule has 1 unspecified atom stereocenters. The molecule has 1 saturated heterocycles. The van der Waals surface area contributed by atoms with E-state index in [0.717, 1.165) is 17.0 Å². The lowest BCUT2D eigenvalue weighted by Gasteiger charge is -2.31. The summed E-state index contributed by atoms with van der Waals surface area (Å²) in [7, 11) is 0. The molecular formula is C27H29F2N3O3S. The quantitative estimate of drug-likeness (QED) is 0.375. The molecule has 1 fully saturated rings. The molecule has 9 heteroatoms. The van der Waals surface area contributed by atoms with Gasteiger partial charge in [0.25, 0.3) is 5.91 Å². The molecule has 0 aliphatic carbocycles. The Balaban J connectivity index is 1.46. The Morgan fingerprint density at radius 1 is 1.11 bits per heavy atom. The van der Waals surface area contributed by atoms with Crippen LogP contribution in [0.25, 0.3) is 0 Å². The van der Waals surface area contributed by atoms with Crippen LogP contribution in [0.3, 0.4) is 0 Å². The SMILES string of the molecule is CCOC(=O)C1CCCN(C(=O)c2csc(CN(Cc3ccc(F)cc3)Cc3ccccc3F)n2)C1. The average molecular weight is 514 g/mol. The van der Waals surface area contributed by atoms with Gasteiger partial charge in [0.05, 0.1) is 19.1 Å². The number of carbonyl (C=O) groups excluding carboxylic acids is 2. The number of carbonyl (C=O) groups is 2. The molecule has 3 aromatic rings. The lowest BCUT2D eigenvalue weighted by molar-refractivity contribution is -0.149. The zero-order valence-corrected chi connectivity index (χ0v) is 21.0. The second kappa shape index (κ2) is 12.2. The van der Waals surface area contributed by atoms with E-state index in [0.29, 0.717) is 57.0 Å². The van der Waals surface area contributed by atoms with Crippen molar-refractivity contribution in [2.75, 3.05) is 19.7 Å². The molecule has 190 valence electrons. The molecule has 2 aromatic carbocycles. The minimum atomic E-state index is -0.314. The monoisotopic (exact) mass is 513 g/mol. The highest BCUT2D eigenvalue weighted by Gasteiger charge is 2.30. The van der Waals surface area contributed by atoms with Gasteiger partial charge in [-0.15, -0.1) is 11.3 Å². The van der Waals surface area contributed by atoms with Gasteiger partial charge in [0, 0.05) is 37.1 Å². The summed E-state index contributed by atoms with van der Waals surface area (Å²) < 4.78 is 32.9. The van der Waals surface area contributed by atoms with Crippen molar-refractivity contribution in [1.29, 1.82) is 0 Å². The van der Waals surface area contributed by atoms with E-state index in [4.69, 9.17) is 4.74 Å². The maximum absolute atomic E-state index is 14.4. The summed E-state index contributed by atoms with van der Waals surface area (Å²) in [6.45, 7) is 4.19. The lowest BCUT2D eigenvalue weighted by atomic mass is 9.98. The molecule has 0 spiro atoms. The maximum atomic E-state index is 14.4. The number of nitrogens with zero attached hydrogens (tertiary/aromatic N) is 3. The molecule has 0 N–H and O–H groups in total. The Labute approximate surface area is 213 Å². The van der Waals surface area contributed by atoms with E-state index in [1.54, 1.807) is 47.5 Å². The molecule has 1 aliphatic heterocycles. The van der Waals surface area contributed by atoms with Crippen molar-refractivity contribution < 1.29 is 23.1 Å². The van der Waals surface area contributed by atoms with Crippen LogP contribution < -0.4 is 0 Å². The molecule has 2 heterocycles. The molecule has 4 rings (SSSR count). The van der Waals surface area contributed by atoms with Crippen LogP contribution in [0.15, 0.2) is 53.9 Å². The number of rotatable bonds is 9. The number of ether oxygens (including phenoxy) is 1. The molecule has 1 aliphatic rings. The first-order valence-corrected chi connectivity index (χ1v) is 12.9. The molecule has 0 saturated carbocycles. The molecule has 0 bridgehead atoms. The second-order valence-electron chi connectivity index (χ2n) is 8.83. The standard InChI is InChI=1S/C27H29F2N3O3S/c1-2-35-27(34)21-7-5-13-32(16-21)26(33)24-18-36-25(30-24)17-31(14-19-9-11-22(28)12-10-19)15-20-6-3-4-8-23(20)29/h3-4,6,8-12,18,21H,2,5,7,13-17H2,1H3. The third kappa shape index (κ3) is 6.73. The van der Waals surface area contributed by atoms with Crippen molar-refractivity contribution in [3.63, 3.8) is 0 Å². The van der Waals surface area contributed by atoms with Crippen molar-refractivity contribution in [2.45, 2.75) is 39.4 Å². The highest BCUT2D eigenvalue weighted by atomic mass is 32.1. The fraction of sp³-hybridized carbons (Fsp3) is 0.370. The van der Waals surface area contributed by atoms with Crippen LogP contribution in [0.1, 0.15) is 46.4 Å². The fourth-order valence-electron chi connectivity index (χ4n) is 4.33. The number of benzene rings is 2. The number of hydrogen-bond acceptors (Lipinski definition) is 6. The maximum Gasteiger partial charge on any atom is 0.310 e. The first kappa shape index (κ1) is 25.9. The Hall–Kier alpha value is -3.17. The van der Waals surface area contributed by atoms with E-state index < -0.39 is 0 Å². The number of aromatic nitrogens is 1. The number of halogens is 2. The Morgan fingerprint density at radius 2 is 1.89 bits per heavy atom. The van der Waals surface area contributed by atoms with Crippen molar-refractivity contribution in [3.8, 4) is 0 Å². The van der Waals surface area contributed by atoms with Crippen LogP contribution in [-0.2, 0) is 29.2 Å². The smallest absolute Gasteiger partial charge is 0.310 e. The summed E-state index contributed by atoms with van der Waals surface area (Å²) in [5, 5.41) is 2.45. The highest BCUT2D eigenvalue weighted by molar-refractivity contribution is 7.09. The number of amides is 1. The van der Waals surface area contributed by atoms with Gasteiger partial charge in [0.15, 0.2) is 0 Å². The van der Waals surface area contributed by atoms with E-state index in [1.807, 2.05) is 4.90 Å². The third-order valence-electron chi connectivity index (χ3n) is 6.13. The normalized spacial score (nSPS) is 15.8. The zero-order valence-electron chi connectivity index (χ0n) is 20.2. The van der Waals surface area contributed by atoms with Gasteiger partial charge in [-0.3, -0.25) is 14.5 Å². The number of thiazole rings is 1. The third-order valence-corrected chi connectivity index (χ3v) is 6.96. The Kier molecular flexibility index (Phi) is 8.77. The summed E-state index contributed by atoms with van der Waals surface area (Å²) in [5.41, 5.74) is 1.77. The van der Waals surface area contributed by atoms with Crippen LogP contribution in [0, 0.1) is 17.6 Å². The van der Waals surface area contributed by atoms with Crippen molar-refractivity contribution >= 4 is 23.2 Å². The van der Waals surface area contributed by atoms with E-state index >= 15 is 0 Å². The first-order chi connectivity index (χ1) is 17.4. The van der Waals surface area contributed by atoms with Crippen molar-refractivity contribution in [3.05, 3.63) is 87.4 Å². The Bertz CT molecular complexity index is 1190. The van der Waals surface area contributed by atoms with Crippen LogP contribution in [0.5, 0.6) is 0 Å². The molecule has 1 aromatic heterocycles. The molecular weight excluding hydrogens is 484 g/mol. The van der Waals surface area contributed by atoms with Crippen LogP contribution in [0.2, 0.25) is 0 Å². The highest BCUT2D eigenvalue weighted by Crippen LogP contribution is 2.23. The fourth-order valence-corrected chi connectivity index (χ4v) is 5.14. The average Bonchev–Trinajstić information content (AvgIpc) is 3.35. The number of likely N-dealkylation sites (tertiary alicyclic amines) is 1. The van der Waals surface area contributed by atoms with Gasteiger partial charge in [-0.05, 0) is 43.5 Å². The number of esters is 1. The number of hydrogen-bond donors (Lipinski definition) is 0. The largest absolute Gasteiger partial charge is 0.466 e.